The fraction of sp³-hybridized carbons (Fsp3) is 0.324. The summed E-state index contributed by atoms with van der Waals surface area (Å²) in [6.45, 7) is 9.52. The van der Waals surface area contributed by atoms with Gasteiger partial charge in [-0.3, -0.25) is 10.00 Å². The van der Waals surface area contributed by atoms with Crippen LogP contribution in [0.5, 0.6) is 5.75 Å². The van der Waals surface area contributed by atoms with Crippen LogP contribution >= 0.6 is 0 Å². The molecule has 0 saturated heterocycles. The predicted octanol–water partition coefficient (Wildman–Crippen LogP) is 5.92. The predicted molar refractivity (Wildman–Crippen MR) is 196 cm³/mol. The highest BCUT2D eigenvalue weighted by Crippen LogP contribution is 2.37. The summed E-state index contributed by atoms with van der Waals surface area (Å²) in [6.07, 6.45) is 2.28. The number of anilines is 2. The van der Waals surface area contributed by atoms with Crippen LogP contribution in [0, 0.1) is 0 Å². The Kier molecular flexibility index (Phi) is 11.2. The lowest BCUT2D eigenvalue weighted by Crippen LogP contribution is -2.66. The number of benzene rings is 3. The number of fused-ring (bicyclic) bond motifs is 1. The van der Waals surface area contributed by atoms with Gasteiger partial charge in [0.2, 0.25) is 5.95 Å². The standard InChI is InChI=1S/C37H44N6O6Si/c1-7-27(20-21-49-50(37(2,3)4,28-14-10-8-11-15-28)29-16-12-9-13-17-29)39-33-32-30(40-35(41-33)42-36(46)48-6)23-38-43(32)24-26-22-25(34(44)45)18-19-31(26)47-5/h8-19,22-23,27H,7,20-21,24H2,1-6H3,(H,44,45)(H2,39,40,41,42,46)/t27-/m0/s1. The summed E-state index contributed by atoms with van der Waals surface area (Å²) in [7, 11) is 0.0542. The molecule has 0 spiro atoms. The molecule has 2 aromatic heterocycles. The molecule has 0 fully saturated rings. The molecular weight excluding hydrogens is 653 g/mol. The van der Waals surface area contributed by atoms with Crippen molar-refractivity contribution in [1.29, 1.82) is 0 Å². The minimum Gasteiger partial charge on any atom is -0.496 e. The van der Waals surface area contributed by atoms with Crippen LogP contribution < -0.4 is 25.7 Å². The second-order valence-electron chi connectivity index (χ2n) is 12.9. The first-order valence-corrected chi connectivity index (χ1v) is 18.4. The van der Waals surface area contributed by atoms with Crippen LogP contribution in [0.4, 0.5) is 16.6 Å². The quantitative estimate of drug-likeness (QED) is 0.120. The first-order chi connectivity index (χ1) is 24.0. The van der Waals surface area contributed by atoms with Crippen molar-refractivity contribution in [1.82, 2.24) is 19.7 Å². The summed E-state index contributed by atoms with van der Waals surface area (Å²) in [6, 6.07) is 25.7. The number of methoxy groups -OCH3 is 2. The fourth-order valence-electron chi connectivity index (χ4n) is 6.30. The van der Waals surface area contributed by atoms with Gasteiger partial charge in [0, 0.05) is 18.2 Å². The number of nitrogens with one attached hydrogen (secondary N) is 2. The molecule has 1 atom stereocenters. The smallest absolute Gasteiger partial charge is 0.413 e. The van der Waals surface area contributed by atoms with Gasteiger partial charge < -0.3 is 24.3 Å². The number of nitrogens with zero attached hydrogens (tertiary/aromatic N) is 4. The van der Waals surface area contributed by atoms with Gasteiger partial charge in [0.05, 0.1) is 32.5 Å². The van der Waals surface area contributed by atoms with E-state index in [9.17, 15) is 14.7 Å². The molecule has 13 heteroatoms. The van der Waals surface area contributed by atoms with Crippen LogP contribution in [0.25, 0.3) is 11.0 Å². The van der Waals surface area contributed by atoms with Crippen molar-refractivity contribution in [3.8, 4) is 5.75 Å². The molecule has 5 rings (SSSR count). The Morgan fingerprint density at radius 3 is 2.18 bits per heavy atom. The number of rotatable bonds is 14. The van der Waals surface area contributed by atoms with E-state index in [0.29, 0.717) is 41.2 Å². The zero-order valence-electron chi connectivity index (χ0n) is 29.3. The normalized spacial score (nSPS) is 12.4. The molecule has 1 amide bonds. The number of hydrogen-bond donors (Lipinski definition) is 3. The topological polar surface area (TPSA) is 150 Å². The maximum absolute atomic E-state index is 12.1. The fourth-order valence-corrected chi connectivity index (χ4v) is 10.9. The van der Waals surface area contributed by atoms with Gasteiger partial charge in [0.25, 0.3) is 8.32 Å². The van der Waals surface area contributed by atoms with Crippen LogP contribution in [0.3, 0.4) is 0 Å². The lowest BCUT2D eigenvalue weighted by molar-refractivity contribution is 0.0696. The largest absolute Gasteiger partial charge is 0.496 e. The van der Waals surface area contributed by atoms with Crippen molar-refractivity contribution in [3.05, 3.63) is 96.2 Å². The van der Waals surface area contributed by atoms with E-state index in [1.807, 2.05) is 12.1 Å². The molecule has 5 aromatic rings. The zero-order chi connectivity index (χ0) is 35.9. The van der Waals surface area contributed by atoms with Crippen molar-refractivity contribution in [2.45, 2.75) is 58.2 Å². The number of hydrogen-bond acceptors (Lipinski definition) is 9. The van der Waals surface area contributed by atoms with E-state index in [1.165, 1.54) is 30.7 Å². The molecule has 0 unspecified atom stereocenters. The van der Waals surface area contributed by atoms with E-state index < -0.39 is 20.4 Å². The van der Waals surface area contributed by atoms with Gasteiger partial charge in [-0.2, -0.15) is 10.1 Å². The highest BCUT2D eigenvalue weighted by atomic mass is 28.4. The van der Waals surface area contributed by atoms with Gasteiger partial charge >= 0.3 is 12.1 Å². The van der Waals surface area contributed by atoms with Crippen LogP contribution in [0.15, 0.2) is 85.1 Å². The van der Waals surface area contributed by atoms with Crippen LogP contribution in [-0.4, -0.2) is 72.1 Å². The van der Waals surface area contributed by atoms with Crippen molar-refractivity contribution in [2.75, 3.05) is 31.5 Å². The van der Waals surface area contributed by atoms with Gasteiger partial charge in [-0.05, 0) is 46.5 Å². The summed E-state index contributed by atoms with van der Waals surface area (Å²) in [5.41, 5.74) is 1.80. The van der Waals surface area contributed by atoms with Gasteiger partial charge in [-0.25, -0.2) is 14.6 Å². The van der Waals surface area contributed by atoms with Crippen molar-refractivity contribution < 1.29 is 28.6 Å². The van der Waals surface area contributed by atoms with E-state index in [2.05, 4.69) is 102 Å². The number of aromatic carboxylic acids is 1. The number of carbonyl (C=O) groups excluding carboxylic acids is 1. The molecule has 262 valence electrons. The Morgan fingerprint density at radius 1 is 0.960 bits per heavy atom. The van der Waals surface area contributed by atoms with Gasteiger partial charge in [0.1, 0.15) is 16.8 Å². The third-order valence-corrected chi connectivity index (χ3v) is 13.8. The lowest BCUT2D eigenvalue weighted by atomic mass is 10.1. The van der Waals surface area contributed by atoms with E-state index in [-0.39, 0.29) is 29.1 Å². The number of carboxylic acid groups (broad SMARTS) is 1. The van der Waals surface area contributed by atoms with E-state index in [1.54, 1.807) is 23.0 Å². The Hall–Kier alpha value is -5.27. The molecule has 0 aliphatic carbocycles. The third kappa shape index (κ3) is 7.63. The van der Waals surface area contributed by atoms with Crippen molar-refractivity contribution in [3.63, 3.8) is 0 Å². The van der Waals surface area contributed by atoms with E-state index >= 15 is 0 Å². The monoisotopic (exact) mass is 696 g/mol. The summed E-state index contributed by atoms with van der Waals surface area (Å²) in [5.74, 6) is -0.0284. The summed E-state index contributed by atoms with van der Waals surface area (Å²) in [5, 5.41) is 22.6. The summed E-state index contributed by atoms with van der Waals surface area (Å²) < 4.78 is 19.2. The molecule has 3 N–H and O–H groups in total. The number of ether oxygens (including phenoxy) is 2. The summed E-state index contributed by atoms with van der Waals surface area (Å²) in [4.78, 5) is 33.1. The van der Waals surface area contributed by atoms with Gasteiger partial charge in [0.15, 0.2) is 5.82 Å². The Labute approximate surface area is 293 Å². The Bertz CT molecular complexity index is 1890. The SMILES string of the molecule is CC[C@@H](CCO[Si](c1ccccc1)(c1ccccc1)C(C)(C)C)Nc1nc(NC(=O)OC)nc2cnn(Cc3cc(C(=O)O)ccc3OC)c12. The van der Waals surface area contributed by atoms with Crippen molar-refractivity contribution in [2.24, 2.45) is 0 Å². The van der Waals surface area contributed by atoms with Gasteiger partial charge in [-0.1, -0.05) is 88.4 Å². The third-order valence-electron chi connectivity index (χ3n) is 8.77. The first kappa shape index (κ1) is 36.0. The maximum Gasteiger partial charge on any atom is 0.413 e. The number of aromatic nitrogens is 4. The second-order valence-corrected chi connectivity index (χ2v) is 17.2. The number of carboxylic acids is 1. The van der Waals surface area contributed by atoms with Crippen molar-refractivity contribution >= 4 is 53.6 Å². The highest BCUT2D eigenvalue weighted by molar-refractivity contribution is 6.99. The van der Waals surface area contributed by atoms with Crippen LogP contribution in [0.2, 0.25) is 5.04 Å². The summed E-state index contributed by atoms with van der Waals surface area (Å²) >= 11 is 0. The molecule has 0 bridgehead atoms. The second kappa shape index (κ2) is 15.5. The average molecular weight is 697 g/mol. The number of carbonyl (C=O) groups is 2. The maximum atomic E-state index is 12.1. The van der Waals surface area contributed by atoms with Crippen LogP contribution in [0.1, 0.15) is 56.5 Å². The number of amides is 1. The highest BCUT2D eigenvalue weighted by Gasteiger charge is 2.50. The molecule has 50 heavy (non-hydrogen) atoms. The lowest BCUT2D eigenvalue weighted by Gasteiger charge is -2.43. The minimum absolute atomic E-state index is 0.0512. The molecule has 12 nitrogen and oxygen atoms in total. The van der Waals surface area contributed by atoms with E-state index in [4.69, 9.17) is 13.9 Å². The zero-order valence-corrected chi connectivity index (χ0v) is 30.3. The Balaban J connectivity index is 1.48. The first-order valence-electron chi connectivity index (χ1n) is 16.5. The average Bonchev–Trinajstić information content (AvgIpc) is 3.52. The minimum atomic E-state index is -2.74. The Morgan fingerprint density at radius 2 is 1.62 bits per heavy atom. The molecule has 0 aliphatic rings. The molecule has 0 radical (unpaired) electrons. The van der Waals surface area contributed by atoms with Gasteiger partial charge in [-0.15, -0.1) is 0 Å². The van der Waals surface area contributed by atoms with E-state index in [0.717, 1.165) is 6.42 Å². The molecule has 2 heterocycles. The molecule has 0 aliphatic heterocycles. The molecule has 3 aromatic carbocycles. The molecular formula is C37H44N6O6Si. The van der Waals surface area contributed by atoms with Crippen LogP contribution in [-0.2, 0) is 15.7 Å². The molecule has 0 saturated carbocycles.